The Labute approximate surface area is 143 Å². The molecule has 3 aromatic rings. The molecule has 2 aromatic heterocycles. The highest BCUT2D eigenvalue weighted by Crippen LogP contribution is 2.20. The molecule has 6 nitrogen and oxygen atoms in total. The van der Waals surface area contributed by atoms with Gasteiger partial charge in [0.25, 0.3) is 0 Å². The number of carbonyl (C=O) groups is 1. The summed E-state index contributed by atoms with van der Waals surface area (Å²) in [7, 11) is 0. The summed E-state index contributed by atoms with van der Waals surface area (Å²) in [6.07, 6.45) is 1.62. The normalized spacial score (nSPS) is 12.3. The number of hydrogen-bond donors (Lipinski definition) is 1. The third kappa shape index (κ3) is 3.19. The maximum absolute atomic E-state index is 12.2. The molecule has 7 heteroatoms. The lowest BCUT2D eigenvalue weighted by molar-refractivity contribution is -0.122. The molecule has 0 aliphatic carbocycles. The number of nitrogens with one attached hydrogen (secondary N) is 1. The summed E-state index contributed by atoms with van der Waals surface area (Å²) in [6, 6.07) is 10.7. The first kappa shape index (κ1) is 16.3. The van der Waals surface area contributed by atoms with Gasteiger partial charge in [-0.05, 0) is 43.2 Å². The van der Waals surface area contributed by atoms with Gasteiger partial charge in [0.05, 0.1) is 6.04 Å². The summed E-state index contributed by atoms with van der Waals surface area (Å²) in [5.41, 5.74) is 2.08. The molecule has 1 atom stereocenters. The molecule has 2 heterocycles. The maximum atomic E-state index is 12.2. The van der Waals surface area contributed by atoms with Crippen molar-refractivity contribution < 1.29 is 4.79 Å². The highest BCUT2D eigenvalue weighted by molar-refractivity contribution is 6.31. The zero-order valence-corrected chi connectivity index (χ0v) is 14.1. The Morgan fingerprint density at radius 1 is 1.33 bits per heavy atom. The van der Waals surface area contributed by atoms with E-state index >= 15 is 0 Å². The molecule has 0 aliphatic rings. The van der Waals surface area contributed by atoms with Crippen LogP contribution in [0.25, 0.3) is 5.65 Å². The fraction of sp³-hybridized carbons (Fsp3) is 0.235. The van der Waals surface area contributed by atoms with Gasteiger partial charge in [0.15, 0.2) is 5.65 Å². The second-order valence-electron chi connectivity index (χ2n) is 5.67. The van der Waals surface area contributed by atoms with E-state index in [2.05, 4.69) is 10.4 Å². The second-order valence-corrected chi connectivity index (χ2v) is 6.07. The van der Waals surface area contributed by atoms with E-state index in [9.17, 15) is 9.59 Å². The zero-order chi connectivity index (χ0) is 17.3. The summed E-state index contributed by atoms with van der Waals surface area (Å²) in [5.74, 6) is -0.277. The van der Waals surface area contributed by atoms with Gasteiger partial charge in [-0.1, -0.05) is 29.8 Å². The van der Waals surface area contributed by atoms with Crippen LogP contribution in [0.3, 0.4) is 0 Å². The molecule has 0 bridgehead atoms. The smallest absolute Gasteiger partial charge is 0.348 e. The maximum Gasteiger partial charge on any atom is 0.350 e. The van der Waals surface area contributed by atoms with Crippen LogP contribution in [0.4, 0.5) is 0 Å². The minimum Gasteiger partial charge on any atom is -0.348 e. The van der Waals surface area contributed by atoms with Crippen molar-refractivity contribution in [3.63, 3.8) is 0 Å². The predicted octanol–water partition coefficient (Wildman–Crippen LogP) is 2.34. The highest BCUT2D eigenvalue weighted by atomic mass is 35.5. The molecule has 1 aromatic carbocycles. The Bertz CT molecular complexity index is 961. The monoisotopic (exact) mass is 344 g/mol. The standard InChI is InChI=1S/C17H17ClN4O2/c1-11-9-13(6-7-14(11)18)12(2)19-16(23)10-22-17(24)21-8-4-3-5-15(21)20-22/h3-9,12H,10H2,1-2H3,(H,19,23)/t12-/m0/s1. The van der Waals surface area contributed by atoms with Crippen molar-refractivity contribution >= 4 is 23.2 Å². The first-order valence-corrected chi connectivity index (χ1v) is 7.93. The number of aryl methyl sites for hydroxylation is 1. The molecule has 0 spiro atoms. The van der Waals surface area contributed by atoms with Gasteiger partial charge in [0, 0.05) is 11.2 Å². The zero-order valence-electron chi connectivity index (χ0n) is 13.4. The van der Waals surface area contributed by atoms with E-state index in [1.807, 2.05) is 32.0 Å². The summed E-state index contributed by atoms with van der Waals surface area (Å²) in [4.78, 5) is 24.4. The van der Waals surface area contributed by atoms with Crippen LogP contribution in [0.5, 0.6) is 0 Å². The lowest BCUT2D eigenvalue weighted by atomic mass is 10.1. The summed E-state index contributed by atoms with van der Waals surface area (Å²) < 4.78 is 2.56. The van der Waals surface area contributed by atoms with E-state index in [4.69, 9.17) is 11.6 Å². The fourth-order valence-corrected chi connectivity index (χ4v) is 2.63. The number of halogens is 1. The van der Waals surface area contributed by atoms with Crippen molar-refractivity contribution in [1.82, 2.24) is 19.5 Å². The van der Waals surface area contributed by atoms with Crippen LogP contribution in [-0.4, -0.2) is 20.1 Å². The van der Waals surface area contributed by atoms with Crippen LogP contribution in [0.15, 0.2) is 47.4 Å². The number of aromatic nitrogens is 3. The third-order valence-corrected chi connectivity index (χ3v) is 4.27. The van der Waals surface area contributed by atoms with Gasteiger partial charge in [-0.25, -0.2) is 9.48 Å². The molecule has 0 fully saturated rings. The van der Waals surface area contributed by atoms with Gasteiger partial charge in [-0.15, -0.1) is 5.10 Å². The number of carbonyl (C=O) groups excluding carboxylic acids is 1. The largest absolute Gasteiger partial charge is 0.350 e. The van der Waals surface area contributed by atoms with Crippen LogP contribution >= 0.6 is 11.6 Å². The van der Waals surface area contributed by atoms with Gasteiger partial charge < -0.3 is 5.32 Å². The summed E-state index contributed by atoms with van der Waals surface area (Å²) in [6.45, 7) is 3.67. The number of benzene rings is 1. The Kier molecular flexibility index (Phi) is 4.40. The predicted molar refractivity (Wildman–Crippen MR) is 92.2 cm³/mol. The molecular weight excluding hydrogens is 328 g/mol. The van der Waals surface area contributed by atoms with Crippen LogP contribution in [0, 0.1) is 6.92 Å². The molecule has 0 aliphatic heterocycles. The van der Waals surface area contributed by atoms with Gasteiger partial charge >= 0.3 is 5.69 Å². The van der Waals surface area contributed by atoms with E-state index in [0.717, 1.165) is 15.8 Å². The Balaban J connectivity index is 1.73. The average molecular weight is 345 g/mol. The number of rotatable bonds is 4. The van der Waals surface area contributed by atoms with Gasteiger partial charge in [-0.3, -0.25) is 9.20 Å². The number of hydrogen-bond acceptors (Lipinski definition) is 3. The molecule has 124 valence electrons. The van der Waals surface area contributed by atoms with E-state index in [1.54, 1.807) is 24.4 Å². The van der Waals surface area contributed by atoms with E-state index in [-0.39, 0.29) is 24.2 Å². The first-order chi connectivity index (χ1) is 11.5. The van der Waals surface area contributed by atoms with Crippen molar-refractivity contribution in [3.05, 3.63) is 69.2 Å². The van der Waals surface area contributed by atoms with Gasteiger partial charge in [0.2, 0.25) is 5.91 Å². The Morgan fingerprint density at radius 3 is 2.83 bits per heavy atom. The van der Waals surface area contributed by atoms with E-state index < -0.39 is 0 Å². The van der Waals surface area contributed by atoms with Crippen molar-refractivity contribution in [2.45, 2.75) is 26.4 Å². The molecular formula is C17H17ClN4O2. The molecule has 0 radical (unpaired) electrons. The first-order valence-electron chi connectivity index (χ1n) is 7.55. The molecule has 24 heavy (non-hydrogen) atoms. The van der Waals surface area contributed by atoms with Gasteiger partial charge in [-0.2, -0.15) is 0 Å². The van der Waals surface area contributed by atoms with Crippen LogP contribution in [0.1, 0.15) is 24.1 Å². The molecule has 0 saturated heterocycles. The molecule has 0 unspecified atom stereocenters. The number of amides is 1. The van der Waals surface area contributed by atoms with E-state index in [1.165, 1.54) is 4.40 Å². The number of nitrogens with zero attached hydrogens (tertiary/aromatic N) is 3. The SMILES string of the molecule is Cc1cc([C@H](C)NC(=O)Cn2nc3ccccn3c2=O)ccc1Cl. The minimum atomic E-state index is -0.337. The van der Waals surface area contributed by atoms with Crippen molar-refractivity contribution in [3.8, 4) is 0 Å². The van der Waals surface area contributed by atoms with Gasteiger partial charge in [0.1, 0.15) is 6.54 Å². The molecule has 1 amide bonds. The van der Waals surface area contributed by atoms with Crippen LogP contribution in [0.2, 0.25) is 5.02 Å². The lowest BCUT2D eigenvalue weighted by Crippen LogP contribution is -2.34. The minimum absolute atomic E-state index is 0.128. The lowest BCUT2D eigenvalue weighted by Gasteiger charge is -2.15. The Morgan fingerprint density at radius 2 is 2.12 bits per heavy atom. The van der Waals surface area contributed by atoms with Crippen molar-refractivity contribution in [2.75, 3.05) is 0 Å². The van der Waals surface area contributed by atoms with Crippen LogP contribution < -0.4 is 11.0 Å². The molecule has 1 N–H and O–H groups in total. The second kappa shape index (κ2) is 6.49. The number of fused-ring (bicyclic) bond motifs is 1. The third-order valence-electron chi connectivity index (χ3n) is 3.84. The van der Waals surface area contributed by atoms with Crippen molar-refractivity contribution in [2.24, 2.45) is 0 Å². The molecule has 3 rings (SSSR count). The highest BCUT2D eigenvalue weighted by Gasteiger charge is 2.14. The topological polar surface area (TPSA) is 68.4 Å². The summed E-state index contributed by atoms with van der Waals surface area (Å²) >= 11 is 6.02. The quantitative estimate of drug-likeness (QED) is 0.789. The van der Waals surface area contributed by atoms with Crippen molar-refractivity contribution in [1.29, 1.82) is 0 Å². The summed E-state index contributed by atoms with van der Waals surface area (Å²) in [5, 5.41) is 7.71. The average Bonchev–Trinajstić information content (AvgIpc) is 2.86. The van der Waals surface area contributed by atoms with Crippen LogP contribution in [-0.2, 0) is 11.3 Å². The molecule has 0 saturated carbocycles. The van der Waals surface area contributed by atoms with E-state index in [0.29, 0.717) is 10.7 Å². The number of pyridine rings is 1. The Hall–Kier alpha value is -2.60. The fourth-order valence-electron chi connectivity index (χ4n) is 2.51.